The standard InChI is InChI=1S/C15H19N3O3S2/c1-15(2,3)21-14(20)17-7-6-16-13(19)11-12(23-9-18-11)10-5-4-8-22-10/h4-5,8-9H,6-7H2,1-3H3,(H,16,19)(H,17,20). The number of carbonyl (C=O) groups is 2. The topological polar surface area (TPSA) is 80.3 Å². The summed E-state index contributed by atoms with van der Waals surface area (Å²) in [5, 5.41) is 7.30. The number of rotatable bonds is 5. The molecule has 0 aliphatic heterocycles. The van der Waals surface area contributed by atoms with E-state index in [1.165, 1.54) is 11.3 Å². The molecule has 124 valence electrons. The van der Waals surface area contributed by atoms with E-state index in [0.717, 1.165) is 9.75 Å². The number of hydrogen-bond donors (Lipinski definition) is 2. The molecule has 0 bridgehead atoms. The smallest absolute Gasteiger partial charge is 0.407 e. The minimum atomic E-state index is -0.538. The highest BCUT2D eigenvalue weighted by molar-refractivity contribution is 7.20. The predicted octanol–water partition coefficient (Wildman–Crippen LogP) is 3.13. The molecule has 8 heteroatoms. The van der Waals surface area contributed by atoms with Crippen molar-refractivity contribution in [2.24, 2.45) is 0 Å². The molecule has 2 rings (SSSR count). The van der Waals surface area contributed by atoms with Gasteiger partial charge in [-0.3, -0.25) is 4.79 Å². The van der Waals surface area contributed by atoms with Gasteiger partial charge < -0.3 is 15.4 Å². The molecule has 0 saturated heterocycles. The van der Waals surface area contributed by atoms with E-state index in [9.17, 15) is 9.59 Å². The van der Waals surface area contributed by atoms with Gasteiger partial charge in [0.1, 0.15) is 11.3 Å². The molecular formula is C15H19N3O3S2. The molecule has 0 aliphatic rings. The van der Waals surface area contributed by atoms with Crippen LogP contribution in [0.3, 0.4) is 0 Å². The highest BCUT2D eigenvalue weighted by Gasteiger charge is 2.17. The zero-order valence-corrected chi connectivity index (χ0v) is 14.8. The van der Waals surface area contributed by atoms with E-state index in [4.69, 9.17) is 4.74 Å². The third-order valence-electron chi connectivity index (χ3n) is 2.61. The fourth-order valence-electron chi connectivity index (χ4n) is 1.73. The van der Waals surface area contributed by atoms with Gasteiger partial charge in [-0.05, 0) is 32.2 Å². The van der Waals surface area contributed by atoms with Gasteiger partial charge in [0.15, 0.2) is 0 Å². The van der Waals surface area contributed by atoms with Crippen LogP contribution >= 0.6 is 22.7 Å². The van der Waals surface area contributed by atoms with Crippen LogP contribution < -0.4 is 10.6 Å². The monoisotopic (exact) mass is 353 g/mol. The largest absolute Gasteiger partial charge is 0.444 e. The molecule has 0 unspecified atom stereocenters. The van der Waals surface area contributed by atoms with Gasteiger partial charge in [0.2, 0.25) is 0 Å². The Morgan fingerprint density at radius 3 is 2.61 bits per heavy atom. The van der Waals surface area contributed by atoms with Gasteiger partial charge in [-0.2, -0.15) is 0 Å². The molecule has 0 radical (unpaired) electrons. The summed E-state index contributed by atoms with van der Waals surface area (Å²) in [6.45, 7) is 5.98. The van der Waals surface area contributed by atoms with Gasteiger partial charge in [-0.25, -0.2) is 9.78 Å². The third kappa shape index (κ3) is 5.33. The highest BCUT2D eigenvalue weighted by atomic mass is 32.1. The first kappa shape index (κ1) is 17.4. The first-order chi connectivity index (χ1) is 10.9. The van der Waals surface area contributed by atoms with E-state index in [2.05, 4.69) is 15.6 Å². The summed E-state index contributed by atoms with van der Waals surface area (Å²) >= 11 is 3.00. The molecule has 0 fully saturated rings. The quantitative estimate of drug-likeness (QED) is 0.809. The number of amides is 2. The Morgan fingerprint density at radius 1 is 1.22 bits per heavy atom. The molecule has 23 heavy (non-hydrogen) atoms. The van der Waals surface area contributed by atoms with Crippen LogP contribution in [-0.4, -0.2) is 35.7 Å². The number of aromatic nitrogens is 1. The van der Waals surface area contributed by atoms with Crippen molar-refractivity contribution >= 4 is 34.7 Å². The number of thiazole rings is 1. The van der Waals surface area contributed by atoms with Gasteiger partial charge in [0.05, 0.1) is 10.4 Å². The lowest BCUT2D eigenvalue weighted by atomic mass is 10.2. The Bertz CT molecular complexity index is 660. The van der Waals surface area contributed by atoms with Crippen LogP contribution in [0.25, 0.3) is 9.75 Å². The molecule has 2 aromatic rings. The molecular weight excluding hydrogens is 334 g/mol. The first-order valence-electron chi connectivity index (χ1n) is 7.09. The van der Waals surface area contributed by atoms with E-state index in [1.54, 1.807) is 37.6 Å². The van der Waals surface area contributed by atoms with Gasteiger partial charge in [-0.1, -0.05) is 6.07 Å². The molecule has 2 aromatic heterocycles. The molecule has 6 nitrogen and oxygen atoms in total. The van der Waals surface area contributed by atoms with E-state index >= 15 is 0 Å². The third-order valence-corrected chi connectivity index (χ3v) is 4.48. The average molecular weight is 353 g/mol. The van der Waals surface area contributed by atoms with E-state index < -0.39 is 11.7 Å². The number of thiophene rings is 1. The zero-order chi connectivity index (χ0) is 16.9. The van der Waals surface area contributed by atoms with Crippen molar-refractivity contribution in [2.45, 2.75) is 26.4 Å². The lowest BCUT2D eigenvalue weighted by Crippen LogP contribution is -2.38. The summed E-state index contributed by atoms with van der Waals surface area (Å²) in [7, 11) is 0. The minimum Gasteiger partial charge on any atom is -0.444 e. The predicted molar refractivity (Wildman–Crippen MR) is 92.0 cm³/mol. The maximum atomic E-state index is 12.2. The molecule has 0 aliphatic carbocycles. The Hall–Kier alpha value is -1.93. The van der Waals surface area contributed by atoms with Crippen molar-refractivity contribution in [2.75, 3.05) is 13.1 Å². The summed E-state index contributed by atoms with van der Waals surface area (Å²) in [5.41, 5.74) is 1.53. The second-order valence-corrected chi connectivity index (χ2v) is 7.49. The van der Waals surface area contributed by atoms with Crippen LogP contribution in [0.15, 0.2) is 23.0 Å². The Morgan fingerprint density at radius 2 is 1.96 bits per heavy atom. The Kier molecular flexibility index (Phi) is 5.73. The molecule has 2 heterocycles. The first-order valence-corrected chi connectivity index (χ1v) is 8.85. The van der Waals surface area contributed by atoms with Crippen LogP contribution in [0, 0.1) is 0 Å². The number of carbonyl (C=O) groups excluding carboxylic acids is 2. The summed E-state index contributed by atoms with van der Waals surface area (Å²) < 4.78 is 5.11. The summed E-state index contributed by atoms with van der Waals surface area (Å²) in [6, 6.07) is 3.89. The second-order valence-electron chi connectivity index (χ2n) is 5.69. The molecule has 0 saturated carbocycles. The normalized spacial score (nSPS) is 11.1. The highest BCUT2D eigenvalue weighted by Crippen LogP contribution is 2.31. The summed E-state index contributed by atoms with van der Waals surface area (Å²) in [6.07, 6.45) is -0.500. The van der Waals surface area contributed by atoms with Crippen molar-refractivity contribution in [3.8, 4) is 9.75 Å². The van der Waals surface area contributed by atoms with Gasteiger partial charge >= 0.3 is 6.09 Å². The van der Waals surface area contributed by atoms with E-state index in [-0.39, 0.29) is 5.91 Å². The summed E-state index contributed by atoms with van der Waals surface area (Å²) in [5.74, 6) is -0.249. The number of hydrogen-bond acceptors (Lipinski definition) is 6. The lowest BCUT2D eigenvalue weighted by molar-refractivity contribution is 0.0526. The van der Waals surface area contributed by atoms with Crippen LogP contribution in [-0.2, 0) is 4.74 Å². The van der Waals surface area contributed by atoms with Crippen LogP contribution in [0.4, 0.5) is 4.79 Å². The van der Waals surface area contributed by atoms with Crippen molar-refractivity contribution in [1.82, 2.24) is 15.6 Å². The van der Waals surface area contributed by atoms with Crippen LogP contribution in [0.1, 0.15) is 31.3 Å². The molecule has 0 spiro atoms. The van der Waals surface area contributed by atoms with Crippen molar-refractivity contribution < 1.29 is 14.3 Å². The Balaban J connectivity index is 1.80. The van der Waals surface area contributed by atoms with Crippen molar-refractivity contribution in [3.63, 3.8) is 0 Å². The second kappa shape index (κ2) is 7.56. The summed E-state index contributed by atoms with van der Waals surface area (Å²) in [4.78, 5) is 29.7. The molecule has 0 atom stereocenters. The van der Waals surface area contributed by atoms with Gasteiger partial charge in [-0.15, -0.1) is 22.7 Å². The average Bonchev–Trinajstić information content (AvgIpc) is 3.10. The maximum Gasteiger partial charge on any atom is 0.407 e. The Labute approximate surface area is 142 Å². The zero-order valence-electron chi connectivity index (χ0n) is 13.2. The SMILES string of the molecule is CC(C)(C)OC(=O)NCCNC(=O)c1ncsc1-c1cccs1. The minimum absolute atomic E-state index is 0.249. The maximum absolute atomic E-state index is 12.2. The number of ether oxygens (including phenoxy) is 1. The molecule has 0 aromatic carbocycles. The van der Waals surface area contributed by atoms with Crippen molar-refractivity contribution in [3.05, 3.63) is 28.7 Å². The van der Waals surface area contributed by atoms with Gasteiger partial charge in [0.25, 0.3) is 5.91 Å². The van der Waals surface area contributed by atoms with E-state index in [0.29, 0.717) is 18.8 Å². The van der Waals surface area contributed by atoms with E-state index in [1.807, 2.05) is 17.5 Å². The fraction of sp³-hybridized carbons (Fsp3) is 0.400. The number of alkyl carbamates (subject to hydrolysis) is 1. The van der Waals surface area contributed by atoms with Crippen molar-refractivity contribution in [1.29, 1.82) is 0 Å². The number of nitrogens with one attached hydrogen (secondary N) is 2. The fourth-order valence-corrected chi connectivity index (χ4v) is 3.39. The number of nitrogens with zero attached hydrogens (tertiary/aromatic N) is 1. The van der Waals surface area contributed by atoms with Gasteiger partial charge in [0, 0.05) is 18.0 Å². The van der Waals surface area contributed by atoms with Crippen LogP contribution in [0.2, 0.25) is 0 Å². The lowest BCUT2D eigenvalue weighted by Gasteiger charge is -2.19. The molecule has 2 N–H and O–H groups in total. The molecule has 2 amide bonds. The van der Waals surface area contributed by atoms with Crippen LogP contribution in [0.5, 0.6) is 0 Å².